The molecule has 2 rings (SSSR count). The van der Waals surface area contributed by atoms with Gasteiger partial charge in [-0.1, -0.05) is 41.4 Å². The van der Waals surface area contributed by atoms with Crippen LogP contribution < -0.4 is 10.6 Å². The molecule has 5 nitrogen and oxygen atoms in total. The molecule has 2 aromatic carbocycles. The summed E-state index contributed by atoms with van der Waals surface area (Å²) in [6, 6.07) is 12.9. The highest BCUT2D eigenvalue weighted by Crippen LogP contribution is 2.29. The highest BCUT2D eigenvalue weighted by Gasteiger charge is 2.12. The van der Waals surface area contributed by atoms with Gasteiger partial charge in [0.1, 0.15) is 17.4 Å². The zero-order valence-electron chi connectivity index (χ0n) is 11.7. The van der Waals surface area contributed by atoms with Gasteiger partial charge >= 0.3 is 0 Å². The van der Waals surface area contributed by atoms with Crippen LogP contribution in [0.3, 0.4) is 0 Å². The number of halogens is 2. The molecule has 0 unspecified atom stereocenters. The van der Waals surface area contributed by atoms with Crippen molar-refractivity contribution < 1.29 is 9.90 Å². The quantitative estimate of drug-likeness (QED) is 0.440. The van der Waals surface area contributed by atoms with E-state index in [0.29, 0.717) is 10.7 Å². The van der Waals surface area contributed by atoms with E-state index in [-0.39, 0.29) is 22.0 Å². The highest BCUT2D eigenvalue weighted by atomic mass is 35.5. The molecule has 7 heteroatoms. The Labute approximate surface area is 142 Å². The van der Waals surface area contributed by atoms with Crippen molar-refractivity contribution in [2.24, 2.45) is 0 Å². The number of hydrogen-bond acceptors (Lipinski definition) is 4. The third-order valence-corrected chi connectivity index (χ3v) is 3.66. The fourth-order valence-electron chi connectivity index (χ4n) is 1.68. The van der Waals surface area contributed by atoms with Crippen molar-refractivity contribution in [3.8, 4) is 11.8 Å². The molecule has 0 radical (unpaired) electrons. The van der Waals surface area contributed by atoms with E-state index in [4.69, 9.17) is 28.5 Å². The maximum absolute atomic E-state index is 12.1. The Bertz CT molecular complexity index is 813. The van der Waals surface area contributed by atoms with Crippen molar-refractivity contribution in [2.45, 2.75) is 0 Å². The first-order chi connectivity index (χ1) is 11.0. The number of benzene rings is 2. The van der Waals surface area contributed by atoms with Crippen molar-refractivity contribution >= 4 is 40.5 Å². The second-order valence-corrected chi connectivity index (χ2v) is 5.17. The number of nitrogens with one attached hydrogen (secondary N) is 2. The molecular weight excluding hydrogens is 337 g/mol. The summed E-state index contributed by atoms with van der Waals surface area (Å²) >= 11 is 11.9. The molecule has 0 saturated heterocycles. The highest BCUT2D eigenvalue weighted by molar-refractivity contribution is 6.43. The lowest BCUT2D eigenvalue weighted by Crippen LogP contribution is -2.14. The van der Waals surface area contributed by atoms with E-state index in [2.05, 4.69) is 10.6 Å². The Morgan fingerprint density at radius 2 is 1.83 bits per heavy atom. The number of nitrogens with zero attached hydrogens (tertiary/aromatic N) is 1. The van der Waals surface area contributed by atoms with Gasteiger partial charge < -0.3 is 15.7 Å². The number of hydrogen-bond donors (Lipinski definition) is 3. The average molecular weight is 348 g/mol. The van der Waals surface area contributed by atoms with Gasteiger partial charge in [-0.3, -0.25) is 4.79 Å². The zero-order chi connectivity index (χ0) is 16.8. The van der Waals surface area contributed by atoms with Crippen LogP contribution in [0.5, 0.6) is 5.75 Å². The molecule has 3 N–H and O–H groups in total. The Kier molecular flexibility index (Phi) is 5.47. The Hall–Kier alpha value is -2.68. The lowest BCUT2D eigenvalue weighted by molar-refractivity contribution is -0.112. The van der Waals surface area contributed by atoms with E-state index in [0.717, 1.165) is 0 Å². The van der Waals surface area contributed by atoms with Crippen molar-refractivity contribution in [2.75, 3.05) is 10.6 Å². The Balaban J connectivity index is 2.16. The number of carbonyl (C=O) groups excluding carboxylic acids is 1. The summed E-state index contributed by atoms with van der Waals surface area (Å²) in [6.07, 6.45) is 1.22. The van der Waals surface area contributed by atoms with Crippen LogP contribution in [-0.2, 0) is 4.79 Å². The molecule has 0 spiro atoms. The molecule has 0 aliphatic carbocycles. The number of carbonyl (C=O) groups is 1. The van der Waals surface area contributed by atoms with Gasteiger partial charge in [-0.15, -0.1) is 0 Å². The second-order valence-electron chi connectivity index (χ2n) is 4.39. The van der Waals surface area contributed by atoms with E-state index in [1.165, 1.54) is 18.3 Å². The summed E-state index contributed by atoms with van der Waals surface area (Å²) in [5, 5.41) is 24.6. The predicted molar refractivity (Wildman–Crippen MR) is 90.5 cm³/mol. The number of aromatic hydroxyl groups is 1. The van der Waals surface area contributed by atoms with Gasteiger partial charge in [0.05, 0.1) is 21.4 Å². The molecule has 0 aliphatic heterocycles. The number of phenols is 1. The van der Waals surface area contributed by atoms with Gasteiger partial charge in [-0.25, -0.2) is 0 Å². The number of anilines is 2. The summed E-state index contributed by atoms with van der Waals surface area (Å²) in [4.78, 5) is 12.1. The van der Waals surface area contributed by atoms with Crippen LogP contribution in [-0.4, -0.2) is 11.0 Å². The number of phenolic OH excluding ortho intramolecular Hbond substituents is 1. The van der Waals surface area contributed by atoms with Crippen LogP contribution in [0, 0.1) is 11.3 Å². The van der Waals surface area contributed by atoms with E-state index in [1.54, 1.807) is 36.4 Å². The second kappa shape index (κ2) is 7.54. The molecule has 0 saturated carbocycles. The maximum Gasteiger partial charge on any atom is 0.267 e. The van der Waals surface area contributed by atoms with Crippen LogP contribution >= 0.6 is 23.2 Å². The maximum atomic E-state index is 12.1. The molecule has 0 aromatic heterocycles. The Morgan fingerprint density at radius 3 is 2.52 bits per heavy atom. The van der Waals surface area contributed by atoms with Crippen LogP contribution in [0.2, 0.25) is 10.0 Å². The summed E-state index contributed by atoms with van der Waals surface area (Å²) in [5.41, 5.74) is 0.478. The Morgan fingerprint density at radius 1 is 1.13 bits per heavy atom. The normalized spacial score (nSPS) is 10.7. The number of para-hydroxylation sites is 2. The predicted octanol–water partition coefficient (Wildman–Crippen LogP) is 4.16. The van der Waals surface area contributed by atoms with Crippen molar-refractivity contribution in [3.05, 3.63) is 64.3 Å². The number of nitriles is 1. The third-order valence-electron chi connectivity index (χ3n) is 2.84. The fourth-order valence-corrected chi connectivity index (χ4v) is 2.04. The fraction of sp³-hybridized carbons (Fsp3) is 0. The minimum Gasteiger partial charge on any atom is -0.506 e. The van der Waals surface area contributed by atoms with E-state index < -0.39 is 5.91 Å². The number of amides is 1. The van der Waals surface area contributed by atoms with Gasteiger partial charge in [-0.05, 0) is 24.3 Å². The van der Waals surface area contributed by atoms with Crippen LogP contribution in [0.4, 0.5) is 11.4 Å². The van der Waals surface area contributed by atoms with Crippen LogP contribution in [0.1, 0.15) is 0 Å². The summed E-state index contributed by atoms with van der Waals surface area (Å²) in [5.74, 6) is -0.761. The number of rotatable bonds is 4. The van der Waals surface area contributed by atoms with Gasteiger partial charge in [-0.2, -0.15) is 5.26 Å². The van der Waals surface area contributed by atoms with Crippen molar-refractivity contribution in [1.82, 2.24) is 0 Å². The molecular formula is C16H11Cl2N3O2. The van der Waals surface area contributed by atoms with Gasteiger partial charge in [0.2, 0.25) is 0 Å². The molecule has 23 heavy (non-hydrogen) atoms. The molecule has 1 amide bonds. The van der Waals surface area contributed by atoms with Crippen molar-refractivity contribution in [3.63, 3.8) is 0 Å². The van der Waals surface area contributed by atoms with Crippen molar-refractivity contribution in [1.29, 1.82) is 5.26 Å². The van der Waals surface area contributed by atoms with Crippen LogP contribution in [0.25, 0.3) is 0 Å². The first-order valence-corrected chi connectivity index (χ1v) is 7.18. The molecule has 116 valence electrons. The summed E-state index contributed by atoms with van der Waals surface area (Å²) in [6.45, 7) is 0. The molecule has 0 bridgehead atoms. The van der Waals surface area contributed by atoms with E-state index in [1.807, 2.05) is 0 Å². The van der Waals surface area contributed by atoms with Crippen LogP contribution in [0.15, 0.2) is 54.2 Å². The molecule has 0 atom stereocenters. The van der Waals surface area contributed by atoms with E-state index >= 15 is 0 Å². The zero-order valence-corrected chi connectivity index (χ0v) is 13.2. The minimum atomic E-state index is -0.667. The molecule has 0 heterocycles. The molecule has 0 aliphatic rings. The molecule has 2 aromatic rings. The lowest BCUT2D eigenvalue weighted by atomic mass is 10.2. The monoisotopic (exact) mass is 347 g/mol. The lowest BCUT2D eigenvalue weighted by Gasteiger charge is -2.08. The first-order valence-electron chi connectivity index (χ1n) is 6.43. The SMILES string of the molecule is N#C/C(=C/Nc1cccc(Cl)c1Cl)C(=O)Nc1ccccc1O. The smallest absolute Gasteiger partial charge is 0.267 e. The summed E-state index contributed by atoms with van der Waals surface area (Å²) < 4.78 is 0. The van der Waals surface area contributed by atoms with Gasteiger partial charge in [0.25, 0.3) is 5.91 Å². The van der Waals surface area contributed by atoms with E-state index in [9.17, 15) is 9.90 Å². The van der Waals surface area contributed by atoms with Gasteiger partial charge in [0, 0.05) is 6.20 Å². The standard InChI is InChI=1S/C16H11Cl2N3O2/c17-11-4-3-6-13(15(11)18)20-9-10(8-19)16(23)21-12-5-1-2-7-14(12)22/h1-7,9,20,22H,(H,21,23)/b10-9-. The largest absolute Gasteiger partial charge is 0.506 e. The first kappa shape index (κ1) is 16.7. The third kappa shape index (κ3) is 4.16. The summed E-state index contributed by atoms with van der Waals surface area (Å²) in [7, 11) is 0. The minimum absolute atomic E-state index is 0.0935. The average Bonchev–Trinajstić information content (AvgIpc) is 2.54. The van der Waals surface area contributed by atoms with Gasteiger partial charge in [0.15, 0.2) is 0 Å². The molecule has 0 fully saturated rings. The topological polar surface area (TPSA) is 85.2 Å².